The van der Waals surface area contributed by atoms with Gasteiger partial charge in [-0.05, 0) is 32.9 Å². The number of carbonyl (C=O) groups is 1. The maximum Gasteiger partial charge on any atom is 0.240 e. The van der Waals surface area contributed by atoms with E-state index in [1.54, 1.807) is 6.07 Å². The molecule has 0 radical (unpaired) electrons. The molecule has 0 aliphatic carbocycles. The number of Topliss-reactive ketones (excluding diaryl/α,β-unsaturated/α-hetero) is 1. The number of nitrogens with one attached hydrogen (secondary N) is 3. The van der Waals surface area contributed by atoms with Crippen LogP contribution in [0.4, 0.5) is 11.8 Å². The molecule has 2 rings (SSSR count). The van der Waals surface area contributed by atoms with E-state index in [-0.39, 0.29) is 17.2 Å². The van der Waals surface area contributed by atoms with Gasteiger partial charge in [0.1, 0.15) is 5.82 Å². The molecule has 0 unspecified atom stereocenters. The highest BCUT2D eigenvalue weighted by molar-refractivity contribution is 7.89. The van der Waals surface area contributed by atoms with Gasteiger partial charge in [0.25, 0.3) is 0 Å². The predicted octanol–water partition coefficient (Wildman–Crippen LogP) is 1.81. The fourth-order valence-corrected chi connectivity index (χ4v) is 3.26. The van der Waals surface area contributed by atoms with Crippen molar-refractivity contribution in [2.45, 2.75) is 25.7 Å². The third-order valence-corrected chi connectivity index (χ3v) is 4.96. The Hall–Kier alpha value is -2.52. The van der Waals surface area contributed by atoms with Crippen molar-refractivity contribution >= 4 is 27.6 Å². The molecule has 3 N–H and O–H groups in total. The van der Waals surface area contributed by atoms with Gasteiger partial charge in [0.05, 0.1) is 4.90 Å². The lowest BCUT2D eigenvalue weighted by molar-refractivity contribution is 0.101. The molecule has 0 aliphatic rings. The Labute approximate surface area is 153 Å². The van der Waals surface area contributed by atoms with Gasteiger partial charge >= 0.3 is 0 Å². The van der Waals surface area contributed by atoms with Gasteiger partial charge in [-0.2, -0.15) is 4.98 Å². The Bertz CT molecular complexity index is 866. The molecule has 26 heavy (non-hydrogen) atoms. The summed E-state index contributed by atoms with van der Waals surface area (Å²) >= 11 is 0. The standard InChI is InChI=1S/C17H23N5O3S/c1-4-18-17-21-12(2)11-16(22-17)19-9-10-20-26(24,25)15-7-5-14(6-8-15)13(3)23/h5-8,11,20H,4,9-10H2,1-3H3,(H2,18,19,21,22). The molecule has 0 amide bonds. The fraction of sp³-hybridized carbons (Fsp3) is 0.353. The van der Waals surface area contributed by atoms with Gasteiger partial charge in [-0.1, -0.05) is 12.1 Å². The molecule has 1 aromatic carbocycles. The van der Waals surface area contributed by atoms with Crippen molar-refractivity contribution < 1.29 is 13.2 Å². The van der Waals surface area contributed by atoms with Crippen molar-refractivity contribution in [3.8, 4) is 0 Å². The van der Waals surface area contributed by atoms with E-state index in [0.29, 0.717) is 30.4 Å². The summed E-state index contributed by atoms with van der Waals surface area (Å²) in [7, 11) is -3.63. The number of benzene rings is 1. The van der Waals surface area contributed by atoms with Crippen LogP contribution in [0.3, 0.4) is 0 Å². The molecule has 8 nitrogen and oxygen atoms in total. The number of aromatic nitrogens is 2. The molecule has 0 spiro atoms. The van der Waals surface area contributed by atoms with E-state index < -0.39 is 10.0 Å². The normalized spacial score (nSPS) is 11.2. The van der Waals surface area contributed by atoms with Crippen molar-refractivity contribution in [3.05, 3.63) is 41.6 Å². The van der Waals surface area contributed by atoms with Gasteiger partial charge in [-0.25, -0.2) is 18.1 Å². The zero-order valence-electron chi connectivity index (χ0n) is 15.0. The highest BCUT2D eigenvalue weighted by Crippen LogP contribution is 2.11. The van der Waals surface area contributed by atoms with Crippen molar-refractivity contribution in [1.82, 2.24) is 14.7 Å². The van der Waals surface area contributed by atoms with Crippen LogP contribution >= 0.6 is 0 Å². The molecule has 0 bridgehead atoms. The molecule has 0 aliphatic heterocycles. The summed E-state index contributed by atoms with van der Waals surface area (Å²) in [6.45, 7) is 6.52. The molecule has 0 saturated carbocycles. The van der Waals surface area contributed by atoms with E-state index in [1.165, 1.54) is 31.2 Å². The first kappa shape index (κ1) is 19.8. The molecule has 140 valence electrons. The summed E-state index contributed by atoms with van der Waals surface area (Å²) in [6.07, 6.45) is 0. The smallest absolute Gasteiger partial charge is 0.240 e. The summed E-state index contributed by atoms with van der Waals surface area (Å²) in [5, 5.41) is 6.11. The Balaban J connectivity index is 1.91. The van der Waals surface area contributed by atoms with Crippen LogP contribution in [0.1, 0.15) is 29.9 Å². The van der Waals surface area contributed by atoms with Crippen LogP contribution in [0.5, 0.6) is 0 Å². The summed E-state index contributed by atoms with van der Waals surface area (Å²) < 4.78 is 27.0. The largest absolute Gasteiger partial charge is 0.369 e. The van der Waals surface area contributed by atoms with Gasteiger partial charge in [-0.3, -0.25) is 4.79 Å². The zero-order chi connectivity index (χ0) is 19.2. The van der Waals surface area contributed by atoms with Gasteiger partial charge in [0.2, 0.25) is 16.0 Å². The van der Waals surface area contributed by atoms with Gasteiger partial charge in [0.15, 0.2) is 5.78 Å². The third-order valence-electron chi connectivity index (χ3n) is 3.48. The Kier molecular flexibility index (Phi) is 6.64. The van der Waals surface area contributed by atoms with Crippen LogP contribution in [0.2, 0.25) is 0 Å². The second-order valence-electron chi connectivity index (χ2n) is 5.65. The number of sulfonamides is 1. The van der Waals surface area contributed by atoms with E-state index in [0.717, 1.165) is 5.69 Å². The maximum absolute atomic E-state index is 12.3. The van der Waals surface area contributed by atoms with Crippen LogP contribution in [0, 0.1) is 6.92 Å². The molecule has 1 heterocycles. The molecular formula is C17H23N5O3S. The highest BCUT2D eigenvalue weighted by Gasteiger charge is 2.13. The van der Waals surface area contributed by atoms with Gasteiger partial charge < -0.3 is 10.6 Å². The average molecular weight is 377 g/mol. The van der Waals surface area contributed by atoms with Crippen LogP contribution < -0.4 is 15.4 Å². The molecule has 0 atom stereocenters. The topological polar surface area (TPSA) is 113 Å². The summed E-state index contributed by atoms with van der Waals surface area (Å²) in [5.41, 5.74) is 1.28. The monoisotopic (exact) mass is 377 g/mol. The van der Waals surface area contributed by atoms with E-state index in [2.05, 4.69) is 25.3 Å². The van der Waals surface area contributed by atoms with Gasteiger partial charge in [-0.15, -0.1) is 0 Å². The SMILES string of the molecule is CCNc1nc(C)cc(NCCNS(=O)(=O)c2ccc(C(C)=O)cc2)n1. The van der Waals surface area contributed by atoms with E-state index in [4.69, 9.17) is 0 Å². The zero-order valence-corrected chi connectivity index (χ0v) is 15.9. The lowest BCUT2D eigenvalue weighted by Crippen LogP contribution is -2.29. The number of hydrogen-bond acceptors (Lipinski definition) is 7. The summed E-state index contributed by atoms with van der Waals surface area (Å²) in [6, 6.07) is 7.63. The lowest BCUT2D eigenvalue weighted by Gasteiger charge is -2.10. The van der Waals surface area contributed by atoms with Crippen LogP contribution in [0.15, 0.2) is 35.2 Å². The molecule has 0 fully saturated rings. The number of rotatable bonds is 9. The Morgan fingerprint density at radius 1 is 1.08 bits per heavy atom. The number of hydrogen-bond donors (Lipinski definition) is 3. The van der Waals surface area contributed by atoms with E-state index in [1.807, 2.05) is 13.8 Å². The first-order valence-corrected chi connectivity index (χ1v) is 9.74. The average Bonchev–Trinajstić information content (AvgIpc) is 2.59. The van der Waals surface area contributed by atoms with Crippen LogP contribution in [-0.4, -0.2) is 43.8 Å². The lowest BCUT2D eigenvalue weighted by atomic mass is 10.2. The second kappa shape index (κ2) is 8.72. The quantitative estimate of drug-likeness (QED) is 0.451. The number of aryl methyl sites for hydroxylation is 1. The highest BCUT2D eigenvalue weighted by atomic mass is 32.2. The first-order valence-electron chi connectivity index (χ1n) is 8.26. The second-order valence-corrected chi connectivity index (χ2v) is 7.42. The molecule has 2 aromatic rings. The van der Waals surface area contributed by atoms with E-state index >= 15 is 0 Å². The Morgan fingerprint density at radius 2 is 1.77 bits per heavy atom. The number of nitrogens with zero attached hydrogens (tertiary/aromatic N) is 2. The molecular weight excluding hydrogens is 354 g/mol. The summed E-state index contributed by atoms with van der Waals surface area (Å²) in [5.74, 6) is 1.04. The first-order chi connectivity index (χ1) is 12.3. The van der Waals surface area contributed by atoms with Crippen molar-refractivity contribution in [2.24, 2.45) is 0 Å². The Morgan fingerprint density at radius 3 is 2.38 bits per heavy atom. The minimum Gasteiger partial charge on any atom is -0.369 e. The van der Waals surface area contributed by atoms with Crippen LogP contribution in [-0.2, 0) is 10.0 Å². The number of anilines is 2. The molecule has 1 aromatic heterocycles. The predicted molar refractivity (Wildman–Crippen MR) is 101 cm³/mol. The van der Waals surface area contributed by atoms with Crippen molar-refractivity contribution in [1.29, 1.82) is 0 Å². The van der Waals surface area contributed by atoms with Crippen LogP contribution in [0.25, 0.3) is 0 Å². The molecule has 9 heteroatoms. The summed E-state index contributed by atoms with van der Waals surface area (Å²) in [4.78, 5) is 19.9. The maximum atomic E-state index is 12.3. The van der Waals surface area contributed by atoms with Gasteiger partial charge in [0, 0.05) is 37.0 Å². The fourth-order valence-electron chi connectivity index (χ4n) is 2.22. The number of carbonyl (C=O) groups excluding carboxylic acids is 1. The number of ketones is 1. The van der Waals surface area contributed by atoms with Crippen molar-refractivity contribution in [2.75, 3.05) is 30.3 Å². The minimum atomic E-state index is -3.63. The minimum absolute atomic E-state index is 0.108. The molecule has 0 saturated heterocycles. The third kappa shape index (κ3) is 5.50. The van der Waals surface area contributed by atoms with Crippen molar-refractivity contribution in [3.63, 3.8) is 0 Å². The van der Waals surface area contributed by atoms with E-state index in [9.17, 15) is 13.2 Å².